The van der Waals surface area contributed by atoms with Crippen molar-refractivity contribution >= 4 is 0 Å². The van der Waals surface area contributed by atoms with Crippen LogP contribution in [0.1, 0.15) is 18.5 Å². The molecule has 0 aromatic heterocycles. The summed E-state index contributed by atoms with van der Waals surface area (Å²) in [6.07, 6.45) is 0. The number of rotatable bonds is 1. The van der Waals surface area contributed by atoms with Crippen molar-refractivity contribution in [1.29, 1.82) is 0 Å². The average Bonchev–Trinajstić information content (AvgIpc) is 2.41. The summed E-state index contributed by atoms with van der Waals surface area (Å²) < 4.78 is 11.5. The molecule has 1 fully saturated rings. The maximum atomic E-state index is 5.81. The fraction of sp³-hybridized carbons (Fsp3) is 0.571. The Morgan fingerprint density at radius 3 is 2.94 bits per heavy atom. The summed E-state index contributed by atoms with van der Waals surface area (Å²) in [6.45, 7) is 5.53. The van der Waals surface area contributed by atoms with Gasteiger partial charge in [-0.15, -0.1) is 0 Å². The molecule has 1 aromatic carbocycles. The highest BCUT2D eigenvalue weighted by Gasteiger charge is 2.29. The van der Waals surface area contributed by atoms with Gasteiger partial charge in [0.05, 0.1) is 6.04 Å². The maximum Gasteiger partial charge on any atom is 0.166 e. The molecule has 2 heterocycles. The third-order valence-electron chi connectivity index (χ3n) is 3.92. The lowest BCUT2D eigenvalue weighted by Gasteiger charge is -2.39. The van der Waals surface area contributed by atoms with Crippen molar-refractivity contribution in [3.63, 3.8) is 0 Å². The van der Waals surface area contributed by atoms with E-state index in [0.29, 0.717) is 25.3 Å². The van der Waals surface area contributed by atoms with Gasteiger partial charge in [0, 0.05) is 24.7 Å². The Labute approximate surface area is 108 Å². The van der Waals surface area contributed by atoms with Crippen LogP contribution in [0.5, 0.6) is 11.5 Å². The minimum absolute atomic E-state index is 0.352. The lowest BCUT2D eigenvalue weighted by molar-refractivity contribution is 0.129. The predicted octanol–water partition coefficient (Wildman–Crippen LogP) is 1.42. The second-order valence-electron chi connectivity index (χ2n) is 5.06. The number of fused-ring (bicyclic) bond motifs is 1. The summed E-state index contributed by atoms with van der Waals surface area (Å²) in [7, 11) is 2.18. The zero-order valence-corrected chi connectivity index (χ0v) is 11.0. The SMILES string of the molecule is C[C@H]1CNCC(c2cccc3c2OCCO3)N1C. The molecule has 2 atom stereocenters. The lowest BCUT2D eigenvalue weighted by Crippen LogP contribution is -2.49. The van der Waals surface area contributed by atoms with E-state index in [1.165, 1.54) is 5.56 Å². The van der Waals surface area contributed by atoms with E-state index in [9.17, 15) is 0 Å². The molecule has 0 amide bonds. The number of likely N-dealkylation sites (N-methyl/N-ethyl adjacent to an activating group) is 1. The van der Waals surface area contributed by atoms with E-state index in [1.807, 2.05) is 6.07 Å². The van der Waals surface area contributed by atoms with Gasteiger partial charge in [0.1, 0.15) is 13.2 Å². The largest absolute Gasteiger partial charge is 0.486 e. The highest BCUT2D eigenvalue weighted by molar-refractivity contribution is 5.49. The molecule has 0 radical (unpaired) electrons. The number of hydrogen-bond acceptors (Lipinski definition) is 4. The Hall–Kier alpha value is -1.26. The van der Waals surface area contributed by atoms with Gasteiger partial charge in [-0.1, -0.05) is 12.1 Å². The second-order valence-corrected chi connectivity index (χ2v) is 5.06. The molecule has 0 saturated carbocycles. The van der Waals surface area contributed by atoms with Crippen molar-refractivity contribution in [2.45, 2.75) is 19.0 Å². The number of ether oxygens (including phenoxy) is 2. The van der Waals surface area contributed by atoms with Crippen molar-refractivity contribution in [2.24, 2.45) is 0 Å². The number of para-hydroxylation sites is 1. The van der Waals surface area contributed by atoms with Gasteiger partial charge in [-0.25, -0.2) is 0 Å². The molecule has 2 aliphatic rings. The summed E-state index contributed by atoms with van der Waals surface area (Å²) in [5.41, 5.74) is 1.23. The van der Waals surface area contributed by atoms with Crippen LogP contribution < -0.4 is 14.8 Å². The monoisotopic (exact) mass is 248 g/mol. The first-order valence-corrected chi connectivity index (χ1v) is 6.58. The fourth-order valence-electron chi connectivity index (χ4n) is 2.71. The van der Waals surface area contributed by atoms with Crippen molar-refractivity contribution in [2.75, 3.05) is 33.4 Å². The van der Waals surface area contributed by atoms with Crippen LogP contribution in [0, 0.1) is 0 Å². The van der Waals surface area contributed by atoms with E-state index in [1.54, 1.807) is 0 Å². The molecular weight excluding hydrogens is 228 g/mol. The van der Waals surface area contributed by atoms with Crippen LogP contribution in [-0.4, -0.2) is 44.3 Å². The molecule has 0 aliphatic carbocycles. The van der Waals surface area contributed by atoms with Gasteiger partial charge in [0.2, 0.25) is 0 Å². The Morgan fingerprint density at radius 1 is 1.22 bits per heavy atom. The van der Waals surface area contributed by atoms with E-state index >= 15 is 0 Å². The minimum atomic E-state index is 0.352. The van der Waals surface area contributed by atoms with Gasteiger partial charge in [0.15, 0.2) is 11.5 Å². The predicted molar refractivity (Wildman–Crippen MR) is 70.3 cm³/mol. The van der Waals surface area contributed by atoms with Crippen molar-refractivity contribution < 1.29 is 9.47 Å². The summed E-state index contributed by atoms with van der Waals surface area (Å²) in [4.78, 5) is 2.41. The van der Waals surface area contributed by atoms with Gasteiger partial charge in [0.25, 0.3) is 0 Å². The van der Waals surface area contributed by atoms with Crippen LogP contribution >= 0.6 is 0 Å². The number of nitrogens with one attached hydrogen (secondary N) is 1. The smallest absolute Gasteiger partial charge is 0.166 e. The van der Waals surface area contributed by atoms with Crippen molar-refractivity contribution in [1.82, 2.24) is 10.2 Å². The van der Waals surface area contributed by atoms with Crippen molar-refractivity contribution in [3.8, 4) is 11.5 Å². The van der Waals surface area contributed by atoms with Gasteiger partial charge in [-0.3, -0.25) is 4.90 Å². The highest BCUT2D eigenvalue weighted by atomic mass is 16.6. The first kappa shape index (κ1) is 11.8. The Balaban J connectivity index is 1.96. The van der Waals surface area contributed by atoms with Gasteiger partial charge in [-0.05, 0) is 20.0 Å². The summed E-state index contributed by atoms with van der Waals surface area (Å²) >= 11 is 0. The molecule has 98 valence electrons. The average molecular weight is 248 g/mol. The van der Waals surface area contributed by atoms with Crippen LogP contribution in [0.2, 0.25) is 0 Å². The van der Waals surface area contributed by atoms with Crippen LogP contribution in [0.25, 0.3) is 0 Å². The summed E-state index contributed by atoms with van der Waals surface area (Å²) in [6, 6.07) is 7.07. The minimum Gasteiger partial charge on any atom is -0.486 e. The normalized spacial score (nSPS) is 28.1. The topological polar surface area (TPSA) is 33.7 Å². The second kappa shape index (κ2) is 4.78. The summed E-state index contributed by atoms with van der Waals surface area (Å²) in [5, 5.41) is 3.48. The Kier molecular flexibility index (Phi) is 3.14. The Morgan fingerprint density at radius 2 is 2.06 bits per heavy atom. The molecule has 1 saturated heterocycles. The van der Waals surface area contributed by atoms with Crippen LogP contribution in [0.3, 0.4) is 0 Å². The molecule has 4 nitrogen and oxygen atoms in total. The molecule has 0 spiro atoms. The van der Waals surface area contributed by atoms with Gasteiger partial charge in [-0.2, -0.15) is 0 Å². The van der Waals surface area contributed by atoms with Crippen LogP contribution in [-0.2, 0) is 0 Å². The first-order valence-electron chi connectivity index (χ1n) is 6.58. The molecule has 1 unspecified atom stereocenters. The van der Waals surface area contributed by atoms with Gasteiger partial charge < -0.3 is 14.8 Å². The molecular formula is C14H20N2O2. The molecule has 0 bridgehead atoms. The van der Waals surface area contributed by atoms with Crippen LogP contribution in [0.15, 0.2) is 18.2 Å². The zero-order chi connectivity index (χ0) is 12.5. The maximum absolute atomic E-state index is 5.81. The summed E-state index contributed by atoms with van der Waals surface area (Å²) in [5.74, 6) is 1.81. The van der Waals surface area contributed by atoms with E-state index in [2.05, 4.69) is 36.3 Å². The Bertz CT molecular complexity index is 436. The number of piperazine rings is 1. The quantitative estimate of drug-likeness (QED) is 0.815. The number of hydrogen-bond donors (Lipinski definition) is 1. The molecule has 1 aromatic rings. The van der Waals surface area contributed by atoms with E-state index in [0.717, 1.165) is 24.6 Å². The molecule has 1 N–H and O–H groups in total. The standard InChI is InChI=1S/C14H20N2O2/c1-10-8-15-9-12(16(10)2)11-4-3-5-13-14(11)18-7-6-17-13/h3-5,10,12,15H,6-9H2,1-2H3/t10-,12?/m0/s1. The molecule has 3 rings (SSSR count). The van der Waals surface area contributed by atoms with E-state index < -0.39 is 0 Å². The van der Waals surface area contributed by atoms with Crippen molar-refractivity contribution in [3.05, 3.63) is 23.8 Å². The zero-order valence-electron chi connectivity index (χ0n) is 11.0. The molecule has 4 heteroatoms. The number of benzene rings is 1. The third kappa shape index (κ3) is 1.95. The first-order chi connectivity index (χ1) is 8.77. The van der Waals surface area contributed by atoms with Gasteiger partial charge >= 0.3 is 0 Å². The fourth-order valence-corrected chi connectivity index (χ4v) is 2.71. The van der Waals surface area contributed by atoms with Crippen LogP contribution in [0.4, 0.5) is 0 Å². The molecule has 2 aliphatic heterocycles. The molecule has 18 heavy (non-hydrogen) atoms. The van der Waals surface area contributed by atoms with E-state index in [4.69, 9.17) is 9.47 Å². The van der Waals surface area contributed by atoms with E-state index in [-0.39, 0.29) is 0 Å². The number of nitrogens with zero attached hydrogens (tertiary/aromatic N) is 1. The highest BCUT2D eigenvalue weighted by Crippen LogP contribution is 2.39. The third-order valence-corrected chi connectivity index (χ3v) is 3.92. The lowest BCUT2D eigenvalue weighted by atomic mass is 9.99.